The van der Waals surface area contributed by atoms with E-state index >= 15 is 0 Å². The first-order chi connectivity index (χ1) is 4.83. The highest BCUT2D eigenvalue weighted by Crippen LogP contribution is 2.28. The average Bonchev–Trinajstić information content (AvgIpc) is 1.95. The molecule has 10 heavy (non-hydrogen) atoms. The molecule has 0 aromatic carbocycles. The summed E-state index contributed by atoms with van der Waals surface area (Å²) in [4.78, 5) is 0. The first-order valence-corrected chi connectivity index (χ1v) is 4.46. The van der Waals surface area contributed by atoms with Gasteiger partial charge in [0, 0.05) is 6.61 Å². The van der Waals surface area contributed by atoms with Crippen molar-refractivity contribution in [1.29, 1.82) is 0 Å². The molecule has 0 aliphatic carbocycles. The lowest BCUT2D eigenvalue weighted by Crippen LogP contribution is -2.26. The Hall–Kier alpha value is 0.110. The fourth-order valence-electron chi connectivity index (χ4n) is 0.744. The summed E-state index contributed by atoms with van der Waals surface area (Å²) in [5.74, 6) is 0. The second-order valence-electron chi connectivity index (χ2n) is 1.95. The Morgan fingerprint density at radius 2 is 2.20 bits per heavy atom. The minimum Gasteiger partial charge on any atom is -0.374 e. The van der Waals surface area contributed by atoms with E-state index in [9.17, 15) is 4.57 Å². The van der Waals surface area contributed by atoms with Gasteiger partial charge in [-0.15, -0.1) is 0 Å². The highest BCUT2D eigenvalue weighted by atomic mass is 31.1. The second-order valence-corrected chi connectivity index (χ2v) is 3.03. The Morgan fingerprint density at radius 3 is 2.70 bits per heavy atom. The molecule has 4 nitrogen and oxygen atoms in total. The van der Waals surface area contributed by atoms with E-state index in [0.717, 1.165) is 0 Å². The summed E-state index contributed by atoms with van der Waals surface area (Å²) >= 11 is 0. The minimum atomic E-state index is -2.17. The average molecular weight is 166 g/mol. The fraction of sp³-hybridized carbons (Fsp3) is 1.00. The second kappa shape index (κ2) is 4.09. The molecule has 1 aliphatic rings. The lowest BCUT2D eigenvalue weighted by atomic mass is 10.4. The number of hydrogen-bond donors (Lipinski definition) is 0. The van der Waals surface area contributed by atoms with Crippen LogP contribution in [-0.4, -0.2) is 25.9 Å². The predicted octanol–water partition coefficient (Wildman–Crippen LogP) is 0.828. The number of ether oxygens (including phenoxy) is 1. The van der Waals surface area contributed by atoms with Crippen molar-refractivity contribution in [2.45, 2.75) is 13.0 Å². The van der Waals surface area contributed by atoms with E-state index in [1.807, 2.05) is 6.92 Å². The van der Waals surface area contributed by atoms with E-state index in [0.29, 0.717) is 19.8 Å². The molecule has 1 heterocycles. The van der Waals surface area contributed by atoms with Crippen LogP contribution < -0.4 is 0 Å². The molecule has 0 N–H and O–H groups in total. The van der Waals surface area contributed by atoms with Gasteiger partial charge in [-0.05, 0) is 6.92 Å². The van der Waals surface area contributed by atoms with Crippen molar-refractivity contribution in [3.63, 3.8) is 0 Å². The Bertz CT molecular complexity index is 117. The maximum atomic E-state index is 10.5. The quantitative estimate of drug-likeness (QED) is 0.570. The summed E-state index contributed by atoms with van der Waals surface area (Å²) in [5, 5.41) is 0. The van der Waals surface area contributed by atoms with Gasteiger partial charge in [-0.3, -0.25) is 4.57 Å². The Balaban J connectivity index is 2.19. The molecule has 0 spiro atoms. The van der Waals surface area contributed by atoms with Gasteiger partial charge >= 0.3 is 8.25 Å². The minimum absolute atomic E-state index is 0.0345. The largest absolute Gasteiger partial charge is 0.374 e. The lowest BCUT2D eigenvalue weighted by molar-refractivity contribution is -0.0268. The molecule has 5 heteroatoms. The van der Waals surface area contributed by atoms with Gasteiger partial charge in [-0.25, -0.2) is 0 Å². The van der Waals surface area contributed by atoms with Crippen LogP contribution >= 0.6 is 8.25 Å². The van der Waals surface area contributed by atoms with Crippen molar-refractivity contribution < 1.29 is 18.3 Å². The molecule has 60 valence electrons. The lowest BCUT2D eigenvalue weighted by Gasteiger charge is -2.21. The van der Waals surface area contributed by atoms with Gasteiger partial charge in [0.25, 0.3) is 0 Å². The van der Waals surface area contributed by atoms with Gasteiger partial charge in [0.15, 0.2) is 0 Å². The normalized spacial score (nSPS) is 34.1. The zero-order chi connectivity index (χ0) is 7.40. The maximum Gasteiger partial charge on any atom is 0.319 e. The van der Waals surface area contributed by atoms with Crippen LogP contribution in [-0.2, 0) is 18.3 Å². The van der Waals surface area contributed by atoms with E-state index in [1.165, 1.54) is 0 Å². The molecule has 0 aromatic rings. The Kier molecular flexibility index (Phi) is 3.35. The molecule has 1 fully saturated rings. The van der Waals surface area contributed by atoms with Crippen molar-refractivity contribution in [3.05, 3.63) is 0 Å². The molecule has 0 bridgehead atoms. The van der Waals surface area contributed by atoms with Crippen molar-refractivity contribution in [1.82, 2.24) is 0 Å². The molecule has 1 rings (SSSR count). The molecule has 0 aromatic heterocycles. The summed E-state index contributed by atoms with van der Waals surface area (Å²) in [7, 11) is -2.17. The SMILES string of the molecule is CCOC1CO[PH](=O)OC1. The summed E-state index contributed by atoms with van der Waals surface area (Å²) in [5.41, 5.74) is 0. The smallest absolute Gasteiger partial charge is 0.319 e. The first-order valence-electron chi connectivity index (χ1n) is 3.24. The third kappa shape index (κ3) is 2.39. The Labute approximate surface area is 60.4 Å². The maximum absolute atomic E-state index is 10.5. The molecule has 0 radical (unpaired) electrons. The van der Waals surface area contributed by atoms with Crippen LogP contribution in [0.3, 0.4) is 0 Å². The summed E-state index contributed by atoms with van der Waals surface area (Å²) in [6.07, 6.45) is -0.0345. The molecule has 0 atom stereocenters. The van der Waals surface area contributed by atoms with Gasteiger partial charge in [0.2, 0.25) is 0 Å². The van der Waals surface area contributed by atoms with Gasteiger partial charge in [-0.2, -0.15) is 0 Å². The molecule has 1 aliphatic heterocycles. The Morgan fingerprint density at radius 1 is 1.60 bits per heavy atom. The first kappa shape index (κ1) is 8.21. The van der Waals surface area contributed by atoms with Gasteiger partial charge in [0.05, 0.1) is 13.2 Å². The van der Waals surface area contributed by atoms with E-state index in [-0.39, 0.29) is 6.10 Å². The third-order valence-corrected chi connectivity index (χ3v) is 1.98. The van der Waals surface area contributed by atoms with E-state index < -0.39 is 8.25 Å². The van der Waals surface area contributed by atoms with Crippen molar-refractivity contribution in [3.8, 4) is 0 Å². The monoisotopic (exact) mass is 166 g/mol. The molecule has 1 saturated heterocycles. The van der Waals surface area contributed by atoms with Gasteiger partial charge in [-0.1, -0.05) is 0 Å². The van der Waals surface area contributed by atoms with Crippen LogP contribution in [0.15, 0.2) is 0 Å². The van der Waals surface area contributed by atoms with Crippen molar-refractivity contribution in [2.75, 3.05) is 19.8 Å². The number of hydrogen-bond acceptors (Lipinski definition) is 4. The van der Waals surface area contributed by atoms with Crippen LogP contribution in [0.4, 0.5) is 0 Å². The van der Waals surface area contributed by atoms with Crippen LogP contribution in [0.25, 0.3) is 0 Å². The molecule has 0 saturated carbocycles. The van der Waals surface area contributed by atoms with E-state index in [1.54, 1.807) is 0 Å². The van der Waals surface area contributed by atoms with Crippen LogP contribution in [0.2, 0.25) is 0 Å². The van der Waals surface area contributed by atoms with Crippen molar-refractivity contribution >= 4 is 8.25 Å². The summed E-state index contributed by atoms with van der Waals surface area (Å²) < 4.78 is 25.1. The third-order valence-electron chi connectivity index (χ3n) is 1.18. The standard InChI is InChI=1S/C5H11O4P/c1-2-7-5-3-8-10(6)9-4-5/h5,10H,2-4H2,1H3. The summed E-state index contributed by atoms with van der Waals surface area (Å²) in [6, 6.07) is 0. The zero-order valence-corrected chi connectivity index (χ0v) is 6.83. The molecular formula is C5H11O4P. The zero-order valence-electron chi connectivity index (χ0n) is 5.83. The predicted molar refractivity (Wildman–Crippen MR) is 36.3 cm³/mol. The van der Waals surface area contributed by atoms with Crippen LogP contribution in [0.1, 0.15) is 6.92 Å². The van der Waals surface area contributed by atoms with Crippen LogP contribution in [0.5, 0.6) is 0 Å². The van der Waals surface area contributed by atoms with Gasteiger partial charge < -0.3 is 13.8 Å². The number of rotatable bonds is 2. The summed E-state index contributed by atoms with van der Waals surface area (Å²) in [6.45, 7) is 3.33. The fourth-order valence-corrected chi connectivity index (χ4v) is 1.47. The van der Waals surface area contributed by atoms with Crippen LogP contribution in [0, 0.1) is 0 Å². The van der Waals surface area contributed by atoms with E-state index in [2.05, 4.69) is 0 Å². The van der Waals surface area contributed by atoms with E-state index in [4.69, 9.17) is 13.8 Å². The van der Waals surface area contributed by atoms with Gasteiger partial charge in [0.1, 0.15) is 6.10 Å². The highest BCUT2D eigenvalue weighted by Gasteiger charge is 2.17. The molecular weight excluding hydrogens is 155 g/mol. The highest BCUT2D eigenvalue weighted by molar-refractivity contribution is 7.33. The van der Waals surface area contributed by atoms with Crippen molar-refractivity contribution in [2.24, 2.45) is 0 Å². The molecule has 0 unspecified atom stereocenters. The molecule has 0 amide bonds. The topological polar surface area (TPSA) is 44.8 Å².